The summed E-state index contributed by atoms with van der Waals surface area (Å²) < 4.78 is 18.2. The summed E-state index contributed by atoms with van der Waals surface area (Å²) >= 11 is 0. The minimum atomic E-state index is -0.545. The van der Waals surface area contributed by atoms with Crippen LogP contribution in [0.2, 0.25) is 0 Å². The van der Waals surface area contributed by atoms with Gasteiger partial charge in [0.15, 0.2) is 0 Å². The topological polar surface area (TPSA) is 46.6 Å². The SMILES string of the molecule is O=C(Oc1cccc(F)c1)[C@@H]1CC(=O)N(c2ccccc2)C1. The zero-order valence-corrected chi connectivity index (χ0v) is 11.7. The van der Waals surface area contributed by atoms with Crippen molar-refractivity contribution in [2.75, 3.05) is 11.4 Å². The normalized spacial score (nSPS) is 17.6. The standard InChI is InChI=1S/C17H14FNO3/c18-13-5-4-8-15(10-13)22-17(21)12-9-16(20)19(11-12)14-6-2-1-3-7-14/h1-8,10,12H,9,11H2/t12-/m1/s1. The molecule has 112 valence electrons. The highest BCUT2D eigenvalue weighted by Gasteiger charge is 2.36. The Balaban J connectivity index is 1.69. The molecule has 22 heavy (non-hydrogen) atoms. The van der Waals surface area contributed by atoms with Gasteiger partial charge in [0.1, 0.15) is 11.6 Å². The first-order valence-corrected chi connectivity index (χ1v) is 6.96. The van der Waals surface area contributed by atoms with Crippen molar-refractivity contribution in [3.63, 3.8) is 0 Å². The van der Waals surface area contributed by atoms with Gasteiger partial charge in [-0.2, -0.15) is 0 Å². The summed E-state index contributed by atoms with van der Waals surface area (Å²) in [7, 11) is 0. The number of halogens is 1. The Morgan fingerprint density at radius 1 is 1.14 bits per heavy atom. The van der Waals surface area contributed by atoms with Crippen molar-refractivity contribution in [3.05, 3.63) is 60.4 Å². The molecule has 5 heteroatoms. The predicted octanol–water partition coefficient (Wildman–Crippen LogP) is 2.78. The van der Waals surface area contributed by atoms with Crippen molar-refractivity contribution in [3.8, 4) is 5.75 Å². The second kappa shape index (κ2) is 5.97. The number of carbonyl (C=O) groups is 2. The average Bonchev–Trinajstić information content (AvgIpc) is 2.90. The molecule has 3 rings (SSSR count). The Labute approximate surface area is 127 Å². The van der Waals surface area contributed by atoms with Gasteiger partial charge in [-0.05, 0) is 24.3 Å². The zero-order chi connectivity index (χ0) is 15.5. The van der Waals surface area contributed by atoms with Crippen LogP contribution >= 0.6 is 0 Å². The molecule has 0 N–H and O–H groups in total. The summed E-state index contributed by atoms with van der Waals surface area (Å²) in [6.45, 7) is 0.275. The van der Waals surface area contributed by atoms with Gasteiger partial charge in [-0.15, -0.1) is 0 Å². The van der Waals surface area contributed by atoms with Crippen LogP contribution in [0.15, 0.2) is 54.6 Å². The number of rotatable bonds is 3. The van der Waals surface area contributed by atoms with Crippen LogP contribution in [-0.2, 0) is 9.59 Å². The molecular formula is C17H14FNO3. The second-order valence-corrected chi connectivity index (χ2v) is 5.12. The van der Waals surface area contributed by atoms with Crippen molar-refractivity contribution in [1.29, 1.82) is 0 Å². The minimum Gasteiger partial charge on any atom is -0.426 e. The van der Waals surface area contributed by atoms with Crippen molar-refractivity contribution >= 4 is 17.6 Å². The van der Waals surface area contributed by atoms with E-state index in [2.05, 4.69) is 0 Å². The number of carbonyl (C=O) groups excluding carboxylic acids is 2. The number of hydrogen-bond donors (Lipinski definition) is 0. The zero-order valence-electron chi connectivity index (χ0n) is 11.7. The molecule has 0 radical (unpaired) electrons. The Morgan fingerprint density at radius 3 is 2.64 bits per heavy atom. The maximum Gasteiger partial charge on any atom is 0.316 e. The Kier molecular flexibility index (Phi) is 3.87. The molecule has 1 amide bonds. The van der Waals surface area contributed by atoms with Crippen LogP contribution < -0.4 is 9.64 Å². The minimum absolute atomic E-state index is 0.100. The average molecular weight is 299 g/mol. The van der Waals surface area contributed by atoms with Crippen LogP contribution in [0.3, 0.4) is 0 Å². The first-order valence-electron chi connectivity index (χ1n) is 6.96. The third-order valence-electron chi connectivity index (χ3n) is 3.54. The lowest BCUT2D eigenvalue weighted by atomic mass is 10.1. The van der Waals surface area contributed by atoms with Gasteiger partial charge in [-0.25, -0.2) is 4.39 Å². The van der Waals surface area contributed by atoms with Gasteiger partial charge in [0.05, 0.1) is 5.92 Å². The lowest BCUT2D eigenvalue weighted by molar-refractivity contribution is -0.139. The maximum atomic E-state index is 13.1. The third kappa shape index (κ3) is 2.98. The molecule has 0 unspecified atom stereocenters. The fraction of sp³-hybridized carbons (Fsp3) is 0.176. The van der Waals surface area contributed by atoms with E-state index >= 15 is 0 Å². The number of anilines is 1. The molecule has 0 aromatic heterocycles. The van der Waals surface area contributed by atoms with Crippen molar-refractivity contribution in [2.24, 2.45) is 5.92 Å². The van der Waals surface area contributed by atoms with Crippen LogP contribution in [0.1, 0.15) is 6.42 Å². The Hall–Kier alpha value is -2.69. The van der Waals surface area contributed by atoms with E-state index in [0.29, 0.717) is 0 Å². The quantitative estimate of drug-likeness (QED) is 0.647. The van der Waals surface area contributed by atoms with Gasteiger partial charge >= 0.3 is 5.97 Å². The highest BCUT2D eigenvalue weighted by molar-refractivity contribution is 5.99. The summed E-state index contributed by atoms with van der Waals surface area (Å²) in [6, 6.07) is 14.6. The predicted molar refractivity (Wildman–Crippen MR) is 78.9 cm³/mol. The van der Waals surface area contributed by atoms with Crippen LogP contribution in [0.5, 0.6) is 5.75 Å². The van der Waals surface area contributed by atoms with Crippen LogP contribution in [0.25, 0.3) is 0 Å². The lowest BCUT2D eigenvalue weighted by Crippen LogP contribution is -2.27. The molecule has 1 atom stereocenters. The molecule has 4 nitrogen and oxygen atoms in total. The van der Waals surface area contributed by atoms with Crippen LogP contribution in [0.4, 0.5) is 10.1 Å². The number of amides is 1. The molecule has 1 heterocycles. The molecule has 1 fully saturated rings. The second-order valence-electron chi connectivity index (χ2n) is 5.12. The highest BCUT2D eigenvalue weighted by atomic mass is 19.1. The maximum absolute atomic E-state index is 13.1. The van der Waals surface area contributed by atoms with Gasteiger partial charge in [0.2, 0.25) is 5.91 Å². The van der Waals surface area contributed by atoms with E-state index in [1.807, 2.05) is 30.3 Å². The molecule has 0 aliphatic carbocycles. The third-order valence-corrected chi connectivity index (χ3v) is 3.54. The molecule has 1 saturated heterocycles. The molecule has 1 aliphatic heterocycles. The van der Waals surface area contributed by atoms with Gasteiger partial charge in [0, 0.05) is 24.7 Å². The van der Waals surface area contributed by atoms with Gasteiger partial charge in [-0.3, -0.25) is 9.59 Å². The number of ether oxygens (including phenoxy) is 1. The lowest BCUT2D eigenvalue weighted by Gasteiger charge is -2.16. The molecule has 2 aromatic rings. The van der Waals surface area contributed by atoms with Crippen LogP contribution in [-0.4, -0.2) is 18.4 Å². The number of esters is 1. The monoisotopic (exact) mass is 299 g/mol. The summed E-state index contributed by atoms with van der Waals surface area (Å²) in [6.07, 6.45) is 0.100. The van der Waals surface area contributed by atoms with Gasteiger partial charge in [-0.1, -0.05) is 24.3 Å². The number of para-hydroxylation sites is 1. The number of hydrogen-bond acceptors (Lipinski definition) is 3. The molecular weight excluding hydrogens is 285 g/mol. The van der Waals surface area contributed by atoms with E-state index in [4.69, 9.17) is 4.74 Å². The fourth-order valence-electron chi connectivity index (χ4n) is 2.45. The number of nitrogens with zero attached hydrogens (tertiary/aromatic N) is 1. The molecule has 2 aromatic carbocycles. The first kappa shape index (κ1) is 14.3. The molecule has 0 saturated carbocycles. The molecule has 1 aliphatic rings. The van der Waals surface area contributed by atoms with E-state index in [1.165, 1.54) is 18.2 Å². The Morgan fingerprint density at radius 2 is 1.91 bits per heavy atom. The van der Waals surface area contributed by atoms with Crippen molar-refractivity contribution in [2.45, 2.75) is 6.42 Å². The van der Waals surface area contributed by atoms with E-state index in [-0.39, 0.29) is 24.6 Å². The summed E-state index contributed by atoms with van der Waals surface area (Å²) in [5.74, 6) is -1.50. The van der Waals surface area contributed by atoms with Crippen molar-refractivity contribution < 1.29 is 18.7 Å². The molecule has 0 bridgehead atoms. The summed E-state index contributed by atoms with van der Waals surface area (Å²) in [5.41, 5.74) is 0.758. The highest BCUT2D eigenvalue weighted by Crippen LogP contribution is 2.26. The Bertz CT molecular complexity index is 702. The van der Waals surface area contributed by atoms with Gasteiger partial charge < -0.3 is 9.64 Å². The van der Waals surface area contributed by atoms with Gasteiger partial charge in [0.25, 0.3) is 0 Å². The van der Waals surface area contributed by atoms with Crippen molar-refractivity contribution in [1.82, 2.24) is 0 Å². The smallest absolute Gasteiger partial charge is 0.316 e. The summed E-state index contributed by atoms with van der Waals surface area (Å²) in [4.78, 5) is 25.7. The first-order chi connectivity index (χ1) is 10.6. The fourth-order valence-corrected chi connectivity index (χ4v) is 2.45. The van der Waals surface area contributed by atoms with E-state index < -0.39 is 17.7 Å². The number of benzene rings is 2. The summed E-state index contributed by atoms with van der Waals surface area (Å²) in [5, 5.41) is 0. The van der Waals surface area contributed by atoms with Crippen LogP contribution in [0, 0.1) is 11.7 Å². The largest absolute Gasteiger partial charge is 0.426 e. The van der Waals surface area contributed by atoms with E-state index in [9.17, 15) is 14.0 Å². The van der Waals surface area contributed by atoms with E-state index in [1.54, 1.807) is 4.90 Å². The van der Waals surface area contributed by atoms with E-state index in [0.717, 1.165) is 11.8 Å². The molecule has 0 spiro atoms.